The predicted molar refractivity (Wildman–Crippen MR) is 263 cm³/mol. The highest BCUT2D eigenvalue weighted by Gasteiger charge is 2.18. The molecule has 0 aliphatic heterocycles. The molecular formula is C55H109NO3. The number of hydrogen-bond donors (Lipinski definition) is 3. The van der Waals surface area contributed by atoms with Crippen molar-refractivity contribution < 1.29 is 15.0 Å². The van der Waals surface area contributed by atoms with E-state index in [4.69, 9.17) is 0 Å². The lowest BCUT2D eigenvalue weighted by atomic mass is 10.0. The van der Waals surface area contributed by atoms with Crippen LogP contribution in [0.4, 0.5) is 0 Å². The molecule has 0 spiro atoms. The third-order valence-corrected chi connectivity index (χ3v) is 13.0. The highest BCUT2D eigenvalue weighted by atomic mass is 16.3. The van der Waals surface area contributed by atoms with Gasteiger partial charge in [-0.15, -0.1) is 0 Å². The van der Waals surface area contributed by atoms with Gasteiger partial charge in [-0.25, -0.2) is 0 Å². The Balaban J connectivity index is 3.46. The molecule has 59 heavy (non-hydrogen) atoms. The van der Waals surface area contributed by atoms with Gasteiger partial charge < -0.3 is 15.5 Å². The summed E-state index contributed by atoms with van der Waals surface area (Å²) in [7, 11) is 0. The maximum Gasteiger partial charge on any atom is 0.220 e. The highest BCUT2D eigenvalue weighted by molar-refractivity contribution is 5.76. The smallest absolute Gasteiger partial charge is 0.220 e. The van der Waals surface area contributed by atoms with Gasteiger partial charge in [0.25, 0.3) is 0 Å². The van der Waals surface area contributed by atoms with E-state index in [0.29, 0.717) is 6.42 Å². The average molecular weight is 832 g/mol. The van der Waals surface area contributed by atoms with Crippen LogP contribution in [0.5, 0.6) is 0 Å². The van der Waals surface area contributed by atoms with Crippen molar-refractivity contribution >= 4 is 5.91 Å². The molecule has 0 aliphatic carbocycles. The Morgan fingerprint density at radius 1 is 0.390 bits per heavy atom. The topological polar surface area (TPSA) is 69.6 Å². The fourth-order valence-corrected chi connectivity index (χ4v) is 8.83. The second-order valence-corrected chi connectivity index (χ2v) is 19.0. The Labute approximate surface area is 371 Å². The first-order valence-electron chi connectivity index (χ1n) is 27.4. The minimum Gasteiger partial charge on any atom is -0.394 e. The lowest BCUT2D eigenvalue weighted by Gasteiger charge is -2.20. The Hall–Kier alpha value is -0.870. The number of rotatable bonds is 51. The number of allylic oxidation sites excluding steroid dienone is 1. The van der Waals surface area contributed by atoms with Gasteiger partial charge in [-0.1, -0.05) is 302 Å². The molecule has 0 fully saturated rings. The second kappa shape index (κ2) is 51.5. The van der Waals surface area contributed by atoms with Crippen LogP contribution in [0.3, 0.4) is 0 Å². The Morgan fingerprint density at radius 3 is 0.881 bits per heavy atom. The van der Waals surface area contributed by atoms with Crippen LogP contribution in [0.1, 0.15) is 316 Å². The van der Waals surface area contributed by atoms with Crippen LogP contribution in [0.15, 0.2) is 12.2 Å². The number of unbranched alkanes of at least 4 members (excludes halogenated alkanes) is 44. The van der Waals surface area contributed by atoms with Gasteiger partial charge >= 0.3 is 0 Å². The normalized spacial score (nSPS) is 12.8. The summed E-state index contributed by atoms with van der Waals surface area (Å²) < 4.78 is 0. The third kappa shape index (κ3) is 48.0. The number of aliphatic hydroxyl groups excluding tert-OH is 2. The zero-order valence-electron chi connectivity index (χ0n) is 40.6. The molecule has 0 rings (SSSR count). The van der Waals surface area contributed by atoms with E-state index in [9.17, 15) is 15.0 Å². The van der Waals surface area contributed by atoms with E-state index < -0.39 is 12.1 Å². The third-order valence-electron chi connectivity index (χ3n) is 13.0. The van der Waals surface area contributed by atoms with Crippen LogP contribution < -0.4 is 5.32 Å². The molecular weight excluding hydrogens is 723 g/mol. The summed E-state index contributed by atoms with van der Waals surface area (Å²) in [6.07, 6.45) is 66.5. The fraction of sp³-hybridized carbons (Fsp3) is 0.945. The Morgan fingerprint density at radius 2 is 0.627 bits per heavy atom. The highest BCUT2D eigenvalue weighted by Crippen LogP contribution is 2.18. The van der Waals surface area contributed by atoms with Crippen molar-refractivity contribution in [1.82, 2.24) is 5.32 Å². The molecule has 0 aliphatic rings. The predicted octanol–water partition coefficient (Wildman–Crippen LogP) is 17.8. The number of amides is 1. The molecule has 352 valence electrons. The summed E-state index contributed by atoms with van der Waals surface area (Å²) in [6, 6.07) is -0.618. The van der Waals surface area contributed by atoms with Gasteiger partial charge in [0, 0.05) is 6.42 Å². The van der Waals surface area contributed by atoms with Gasteiger partial charge in [0.1, 0.15) is 0 Å². The Kier molecular flexibility index (Phi) is 50.7. The van der Waals surface area contributed by atoms with Crippen molar-refractivity contribution in [2.45, 2.75) is 328 Å². The molecule has 4 heteroatoms. The van der Waals surface area contributed by atoms with E-state index in [2.05, 4.69) is 19.2 Å². The summed E-state index contributed by atoms with van der Waals surface area (Å²) >= 11 is 0. The SMILES string of the molecule is CCCCCCCCCCCCCCCCCCCCCCCCC/C=C/C(O)C(CO)NC(=O)CCCCCCCCCCCCCCCCCCCCCCCC. The van der Waals surface area contributed by atoms with Crippen LogP contribution in [0.2, 0.25) is 0 Å². The minimum absolute atomic E-state index is 0.0560. The van der Waals surface area contributed by atoms with Crippen LogP contribution in [-0.2, 0) is 4.79 Å². The van der Waals surface area contributed by atoms with E-state index in [1.807, 2.05) is 6.08 Å². The molecule has 0 aromatic heterocycles. The van der Waals surface area contributed by atoms with Gasteiger partial charge in [0.05, 0.1) is 18.8 Å². The van der Waals surface area contributed by atoms with Crippen molar-refractivity contribution in [3.05, 3.63) is 12.2 Å². The van der Waals surface area contributed by atoms with E-state index in [1.165, 1.54) is 270 Å². The summed E-state index contributed by atoms with van der Waals surface area (Å²) in [6.45, 7) is 4.35. The van der Waals surface area contributed by atoms with Crippen molar-refractivity contribution in [3.8, 4) is 0 Å². The lowest BCUT2D eigenvalue weighted by Crippen LogP contribution is -2.45. The first kappa shape index (κ1) is 58.1. The first-order chi connectivity index (χ1) is 29.2. The van der Waals surface area contributed by atoms with Crippen molar-refractivity contribution in [2.75, 3.05) is 6.61 Å². The number of carbonyl (C=O) groups excluding carboxylic acids is 1. The lowest BCUT2D eigenvalue weighted by molar-refractivity contribution is -0.123. The summed E-state index contributed by atoms with van der Waals surface area (Å²) in [5.74, 6) is -0.0560. The van der Waals surface area contributed by atoms with Crippen molar-refractivity contribution in [1.29, 1.82) is 0 Å². The largest absolute Gasteiger partial charge is 0.394 e. The molecule has 2 unspecified atom stereocenters. The molecule has 0 aromatic rings. The number of aliphatic hydroxyl groups is 2. The van der Waals surface area contributed by atoms with E-state index in [-0.39, 0.29) is 12.5 Å². The summed E-state index contributed by atoms with van der Waals surface area (Å²) in [4.78, 5) is 12.5. The molecule has 0 heterocycles. The first-order valence-corrected chi connectivity index (χ1v) is 27.4. The van der Waals surface area contributed by atoms with Gasteiger partial charge in [-0.3, -0.25) is 4.79 Å². The zero-order valence-corrected chi connectivity index (χ0v) is 40.6. The van der Waals surface area contributed by atoms with Gasteiger partial charge in [-0.2, -0.15) is 0 Å². The molecule has 2 atom stereocenters. The number of carbonyl (C=O) groups is 1. The van der Waals surface area contributed by atoms with Gasteiger partial charge in [-0.05, 0) is 19.3 Å². The molecule has 0 radical (unpaired) electrons. The molecule has 0 saturated heterocycles. The second-order valence-electron chi connectivity index (χ2n) is 19.0. The van der Waals surface area contributed by atoms with Gasteiger partial charge in [0.15, 0.2) is 0 Å². The summed E-state index contributed by atoms with van der Waals surface area (Å²) in [5.41, 5.74) is 0. The quantitative estimate of drug-likeness (QED) is 0.0422. The Bertz CT molecular complexity index is 814. The van der Waals surface area contributed by atoms with Crippen molar-refractivity contribution in [3.63, 3.8) is 0 Å². The fourth-order valence-electron chi connectivity index (χ4n) is 8.83. The van der Waals surface area contributed by atoms with Crippen LogP contribution in [0.25, 0.3) is 0 Å². The molecule has 3 N–H and O–H groups in total. The van der Waals surface area contributed by atoms with E-state index in [0.717, 1.165) is 25.7 Å². The summed E-state index contributed by atoms with van der Waals surface area (Å²) in [5, 5.41) is 23.2. The molecule has 1 amide bonds. The molecule has 0 aromatic carbocycles. The maximum atomic E-state index is 12.5. The van der Waals surface area contributed by atoms with E-state index >= 15 is 0 Å². The van der Waals surface area contributed by atoms with Crippen LogP contribution in [-0.4, -0.2) is 34.9 Å². The molecule has 0 bridgehead atoms. The van der Waals surface area contributed by atoms with Crippen LogP contribution >= 0.6 is 0 Å². The monoisotopic (exact) mass is 832 g/mol. The maximum absolute atomic E-state index is 12.5. The number of nitrogens with one attached hydrogen (secondary N) is 1. The van der Waals surface area contributed by atoms with Crippen molar-refractivity contribution in [2.24, 2.45) is 0 Å². The zero-order chi connectivity index (χ0) is 42.8. The standard InChI is InChI=1S/C55H109NO3/c1-3-5-7-9-11-13-15-17-19-21-23-25-27-28-29-30-32-34-36-38-40-42-44-46-48-50-54(58)53(52-57)56-55(59)51-49-47-45-43-41-39-37-35-33-31-26-24-22-20-18-16-14-12-10-8-6-4-2/h48,50,53-54,57-58H,3-47,49,51-52H2,1-2H3,(H,56,59)/b50-48+. The molecule has 4 nitrogen and oxygen atoms in total. The van der Waals surface area contributed by atoms with Gasteiger partial charge in [0.2, 0.25) is 5.91 Å². The van der Waals surface area contributed by atoms with E-state index in [1.54, 1.807) is 6.08 Å². The number of hydrogen-bond acceptors (Lipinski definition) is 3. The molecule has 0 saturated carbocycles. The minimum atomic E-state index is -0.835. The van der Waals surface area contributed by atoms with Crippen LogP contribution in [0, 0.1) is 0 Å². The average Bonchev–Trinajstić information content (AvgIpc) is 3.24.